The summed E-state index contributed by atoms with van der Waals surface area (Å²) in [6.45, 7) is 0. The summed E-state index contributed by atoms with van der Waals surface area (Å²) in [5.41, 5.74) is 1.03. The molecule has 0 radical (unpaired) electrons. The van der Waals surface area contributed by atoms with Gasteiger partial charge < -0.3 is 15.0 Å². The van der Waals surface area contributed by atoms with Gasteiger partial charge in [-0.25, -0.2) is 0 Å². The number of benzene rings is 1. The molecule has 0 bridgehead atoms. The molecule has 1 rings (SSSR count). The number of hydrogen-bond donors (Lipinski definition) is 1. The van der Waals surface area contributed by atoms with Crippen molar-refractivity contribution in [3.8, 4) is 5.75 Å². The smallest absolute Gasteiger partial charge is 0.115 e. The van der Waals surface area contributed by atoms with Crippen molar-refractivity contribution in [3.05, 3.63) is 29.8 Å². The molecule has 0 heterocycles. The summed E-state index contributed by atoms with van der Waals surface area (Å²) in [7, 11) is 0. The van der Waals surface area contributed by atoms with E-state index in [1.165, 1.54) is 0 Å². The van der Waals surface area contributed by atoms with Crippen LogP contribution in [0.5, 0.6) is 5.75 Å². The molecule has 3 heteroatoms. The molecule has 1 N–H and O–H groups in total. The number of carboxylic acid groups (broad SMARTS) is 1. The standard InChI is InChI=1S/C10H12O3/c11-9-6-4-8(5-7-9)2-1-3-10(12)13/h4-7,11H,1-3H2,(H,12,13)/p-1. The van der Waals surface area contributed by atoms with Crippen molar-refractivity contribution in [2.45, 2.75) is 19.3 Å². The average Bonchev–Trinajstić information content (AvgIpc) is 2.08. The third-order valence-corrected chi connectivity index (χ3v) is 1.78. The molecule has 13 heavy (non-hydrogen) atoms. The molecule has 0 saturated heterocycles. The summed E-state index contributed by atoms with van der Waals surface area (Å²) in [5, 5.41) is 19.1. The normalized spacial score (nSPS) is 9.85. The number of phenolic OH excluding ortho intramolecular Hbond substituents is 1. The number of aliphatic carboxylic acids is 1. The molecule has 0 aliphatic rings. The third-order valence-electron chi connectivity index (χ3n) is 1.78. The first kappa shape index (κ1) is 9.58. The van der Waals surface area contributed by atoms with Gasteiger partial charge in [0.1, 0.15) is 5.75 Å². The summed E-state index contributed by atoms with van der Waals surface area (Å²) in [6.07, 6.45) is 1.36. The van der Waals surface area contributed by atoms with Crippen LogP contribution in [0.4, 0.5) is 0 Å². The quantitative estimate of drug-likeness (QED) is 0.730. The first-order chi connectivity index (χ1) is 6.18. The summed E-state index contributed by atoms with van der Waals surface area (Å²) in [4.78, 5) is 10.1. The highest BCUT2D eigenvalue weighted by atomic mass is 16.4. The largest absolute Gasteiger partial charge is 0.550 e. The van der Waals surface area contributed by atoms with Crippen LogP contribution < -0.4 is 5.11 Å². The predicted molar refractivity (Wildman–Crippen MR) is 46.1 cm³/mol. The van der Waals surface area contributed by atoms with Crippen molar-refractivity contribution in [2.75, 3.05) is 0 Å². The molecule has 0 unspecified atom stereocenters. The number of carbonyl (C=O) groups excluding carboxylic acids is 1. The molecule has 0 aromatic heterocycles. The van der Waals surface area contributed by atoms with Crippen LogP contribution in [0.1, 0.15) is 18.4 Å². The maximum Gasteiger partial charge on any atom is 0.115 e. The van der Waals surface area contributed by atoms with Gasteiger partial charge in [0.2, 0.25) is 0 Å². The molecular weight excluding hydrogens is 168 g/mol. The minimum absolute atomic E-state index is 0.0842. The Morgan fingerprint density at radius 3 is 2.46 bits per heavy atom. The summed E-state index contributed by atoms with van der Waals surface area (Å²) in [6, 6.07) is 6.75. The second-order valence-electron chi connectivity index (χ2n) is 2.89. The first-order valence-electron chi connectivity index (χ1n) is 4.16. The van der Waals surface area contributed by atoms with Gasteiger partial charge in [-0.05, 0) is 37.0 Å². The molecule has 0 amide bonds. The molecule has 1 aromatic rings. The molecule has 0 aliphatic carbocycles. The summed E-state index contributed by atoms with van der Waals surface area (Å²) in [5.74, 6) is -0.789. The zero-order chi connectivity index (χ0) is 9.68. The van der Waals surface area contributed by atoms with Crippen molar-refractivity contribution in [3.63, 3.8) is 0 Å². The van der Waals surface area contributed by atoms with Crippen LogP contribution in [0.3, 0.4) is 0 Å². The Morgan fingerprint density at radius 2 is 1.92 bits per heavy atom. The minimum Gasteiger partial charge on any atom is -0.550 e. The summed E-state index contributed by atoms with van der Waals surface area (Å²) < 4.78 is 0. The van der Waals surface area contributed by atoms with Gasteiger partial charge in [-0.3, -0.25) is 0 Å². The lowest BCUT2D eigenvalue weighted by Crippen LogP contribution is -2.21. The van der Waals surface area contributed by atoms with Gasteiger partial charge in [-0.1, -0.05) is 12.1 Å². The monoisotopic (exact) mass is 179 g/mol. The van der Waals surface area contributed by atoms with E-state index in [9.17, 15) is 9.90 Å². The van der Waals surface area contributed by atoms with Gasteiger partial charge in [0.05, 0.1) is 0 Å². The number of carboxylic acids is 1. The third kappa shape index (κ3) is 3.60. The first-order valence-corrected chi connectivity index (χ1v) is 4.16. The number of aromatic hydroxyl groups is 1. The van der Waals surface area contributed by atoms with E-state index in [-0.39, 0.29) is 12.2 Å². The van der Waals surface area contributed by atoms with Crippen molar-refractivity contribution < 1.29 is 15.0 Å². The summed E-state index contributed by atoms with van der Waals surface area (Å²) >= 11 is 0. The van der Waals surface area contributed by atoms with Crippen LogP contribution in [0, 0.1) is 0 Å². The zero-order valence-corrected chi connectivity index (χ0v) is 7.19. The number of carbonyl (C=O) groups is 1. The Balaban J connectivity index is 2.37. The number of aryl methyl sites for hydroxylation is 1. The van der Waals surface area contributed by atoms with Gasteiger partial charge in [0, 0.05) is 5.97 Å². The van der Waals surface area contributed by atoms with E-state index >= 15 is 0 Å². The van der Waals surface area contributed by atoms with Crippen molar-refractivity contribution in [1.82, 2.24) is 0 Å². The highest BCUT2D eigenvalue weighted by Gasteiger charge is 1.93. The fraction of sp³-hybridized carbons (Fsp3) is 0.300. The Labute approximate surface area is 76.6 Å². The van der Waals surface area contributed by atoms with Crippen LogP contribution in [-0.2, 0) is 11.2 Å². The molecule has 3 nitrogen and oxygen atoms in total. The maximum atomic E-state index is 10.1. The molecule has 0 atom stereocenters. The van der Waals surface area contributed by atoms with E-state index in [1.54, 1.807) is 24.3 Å². The predicted octanol–water partition coefficient (Wildman–Crippen LogP) is 0.465. The van der Waals surface area contributed by atoms with Gasteiger partial charge in [0.15, 0.2) is 0 Å². The van der Waals surface area contributed by atoms with Crippen LogP contribution >= 0.6 is 0 Å². The van der Waals surface area contributed by atoms with Crippen LogP contribution in [0.2, 0.25) is 0 Å². The van der Waals surface area contributed by atoms with Gasteiger partial charge >= 0.3 is 0 Å². The molecule has 0 spiro atoms. The van der Waals surface area contributed by atoms with Crippen molar-refractivity contribution >= 4 is 5.97 Å². The van der Waals surface area contributed by atoms with E-state index < -0.39 is 5.97 Å². The van der Waals surface area contributed by atoms with Crippen molar-refractivity contribution in [1.29, 1.82) is 0 Å². The Bertz CT molecular complexity index is 277. The fourth-order valence-electron chi connectivity index (χ4n) is 1.10. The Morgan fingerprint density at radius 1 is 1.31 bits per heavy atom. The van der Waals surface area contributed by atoms with E-state index in [1.807, 2.05) is 0 Å². The van der Waals surface area contributed by atoms with E-state index in [0.717, 1.165) is 5.56 Å². The fourth-order valence-corrected chi connectivity index (χ4v) is 1.10. The van der Waals surface area contributed by atoms with Gasteiger partial charge in [0.25, 0.3) is 0 Å². The molecule has 70 valence electrons. The number of rotatable bonds is 4. The van der Waals surface area contributed by atoms with Crippen LogP contribution in [0.15, 0.2) is 24.3 Å². The molecule has 1 aromatic carbocycles. The number of hydrogen-bond acceptors (Lipinski definition) is 3. The maximum absolute atomic E-state index is 10.1. The lowest BCUT2D eigenvalue weighted by atomic mass is 10.1. The average molecular weight is 179 g/mol. The highest BCUT2D eigenvalue weighted by molar-refractivity contribution is 5.64. The second-order valence-corrected chi connectivity index (χ2v) is 2.89. The van der Waals surface area contributed by atoms with Gasteiger partial charge in [-0.15, -0.1) is 0 Å². The zero-order valence-electron chi connectivity index (χ0n) is 7.19. The molecule has 0 aliphatic heterocycles. The minimum atomic E-state index is -1.02. The Kier molecular flexibility index (Phi) is 3.31. The van der Waals surface area contributed by atoms with Crippen molar-refractivity contribution in [2.24, 2.45) is 0 Å². The number of phenols is 1. The van der Waals surface area contributed by atoms with E-state index in [2.05, 4.69) is 0 Å². The van der Waals surface area contributed by atoms with Gasteiger partial charge in [-0.2, -0.15) is 0 Å². The molecule has 0 fully saturated rings. The SMILES string of the molecule is O=C([O-])CCCc1ccc(O)cc1. The molecular formula is C10H11O3-. The second kappa shape index (κ2) is 4.50. The highest BCUT2D eigenvalue weighted by Crippen LogP contribution is 2.11. The topological polar surface area (TPSA) is 60.4 Å². The lowest BCUT2D eigenvalue weighted by Gasteiger charge is -2.02. The van der Waals surface area contributed by atoms with Crippen LogP contribution in [-0.4, -0.2) is 11.1 Å². The van der Waals surface area contributed by atoms with Crippen LogP contribution in [0.25, 0.3) is 0 Å². The molecule has 0 saturated carbocycles. The lowest BCUT2D eigenvalue weighted by molar-refractivity contribution is -0.305. The van der Waals surface area contributed by atoms with E-state index in [4.69, 9.17) is 5.11 Å². The Hall–Kier alpha value is -1.51. The van der Waals surface area contributed by atoms with E-state index in [0.29, 0.717) is 12.8 Å².